The van der Waals surface area contributed by atoms with E-state index in [2.05, 4.69) is 35.8 Å². The van der Waals surface area contributed by atoms with Crippen molar-refractivity contribution in [1.29, 1.82) is 0 Å². The number of benzene rings is 4. The number of anilines is 4. The summed E-state index contributed by atoms with van der Waals surface area (Å²) in [5, 5.41) is 25.5. The Hall–Kier alpha value is -4.65. The van der Waals surface area contributed by atoms with Crippen LogP contribution in [-0.4, -0.2) is 33.0 Å². The molecular weight excluding hydrogens is 530 g/mol. The monoisotopic (exact) mass is 547 g/mol. The number of phenolic OH excluding ortho intramolecular Hbond substituents is 1. The van der Waals surface area contributed by atoms with Crippen molar-refractivity contribution in [2.75, 3.05) is 10.6 Å². The van der Waals surface area contributed by atoms with Crippen molar-refractivity contribution in [1.82, 2.24) is 15.0 Å². The molecule has 0 fully saturated rings. The van der Waals surface area contributed by atoms with Crippen LogP contribution in [0, 0.1) is 0 Å². The zero-order valence-corrected chi connectivity index (χ0v) is 20.9. The van der Waals surface area contributed by atoms with Crippen molar-refractivity contribution in [3.05, 3.63) is 90.2 Å². The number of halogens is 1. The third kappa shape index (κ3) is 5.52. The molecule has 4 N–H and O–H groups in total. The van der Waals surface area contributed by atoms with E-state index in [1.807, 2.05) is 30.3 Å². The molecule has 5 aromatic rings. The first kappa shape index (κ1) is 25.0. The molecule has 0 saturated carbocycles. The van der Waals surface area contributed by atoms with Crippen LogP contribution in [0.15, 0.2) is 100 Å². The van der Waals surface area contributed by atoms with E-state index in [-0.39, 0.29) is 22.6 Å². The Morgan fingerprint density at radius 3 is 2.13 bits per heavy atom. The largest absolute Gasteiger partial charge is 0.505 e. The van der Waals surface area contributed by atoms with Crippen molar-refractivity contribution in [2.45, 2.75) is 4.90 Å². The van der Waals surface area contributed by atoms with Gasteiger partial charge in [-0.3, -0.25) is 4.55 Å². The van der Waals surface area contributed by atoms with Gasteiger partial charge in [-0.2, -0.15) is 28.5 Å². The minimum atomic E-state index is -4.76. The van der Waals surface area contributed by atoms with Crippen LogP contribution in [0.5, 0.6) is 5.75 Å². The molecule has 38 heavy (non-hydrogen) atoms. The molecule has 190 valence electrons. The molecule has 0 unspecified atom stereocenters. The highest BCUT2D eigenvalue weighted by molar-refractivity contribution is 7.86. The van der Waals surface area contributed by atoms with Gasteiger partial charge in [0.15, 0.2) is 5.75 Å². The predicted molar refractivity (Wildman–Crippen MR) is 144 cm³/mol. The molecule has 0 spiro atoms. The zero-order chi connectivity index (χ0) is 26.7. The van der Waals surface area contributed by atoms with Crippen LogP contribution < -0.4 is 10.6 Å². The first-order chi connectivity index (χ1) is 18.3. The van der Waals surface area contributed by atoms with E-state index in [0.717, 1.165) is 5.69 Å². The van der Waals surface area contributed by atoms with Crippen LogP contribution >= 0.6 is 11.6 Å². The molecular formula is C25H18ClN7O4S. The lowest BCUT2D eigenvalue weighted by molar-refractivity contribution is 0.472. The third-order valence-electron chi connectivity index (χ3n) is 5.26. The quantitative estimate of drug-likeness (QED) is 0.131. The normalized spacial score (nSPS) is 11.6. The van der Waals surface area contributed by atoms with Gasteiger partial charge in [0.05, 0.1) is 11.4 Å². The first-order valence-corrected chi connectivity index (χ1v) is 12.8. The fourth-order valence-corrected chi connectivity index (χ4v) is 4.45. The van der Waals surface area contributed by atoms with Crippen molar-refractivity contribution >= 4 is 67.1 Å². The van der Waals surface area contributed by atoms with Gasteiger partial charge in [-0.15, -0.1) is 5.11 Å². The van der Waals surface area contributed by atoms with E-state index in [9.17, 15) is 18.1 Å². The fraction of sp³-hybridized carbons (Fsp3) is 0. The Bertz CT molecular complexity index is 1770. The number of hydrogen-bond donors (Lipinski definition) is 4. The molecule has 13 heteroatoms. The molecule has 1 heterocycles. The average Bonchev–Trinajstić information content (AvgIpc) is 2.88. The van der Waals surface area contributed by atoms with E-state index in [1.54, 1.807) is 48.5 Å². The summed E-state index contributed by atoms with van der Waals surface area (Å²) in [6, 6.07) is 23.7. The van der Waals surface area contributed by atoms with Gasteiger partial charge in [0.25, 0.3) is 10.1 Å². The van der Waals surface area contributed by atoms with Gasteiger partial charge in [0, 0.05) is 11.1 Å². The molecule has 0 aliphatic heterocycles. The van der Waals surface area contributed by atoms with Crippen molar-refractivity contribution < 1.29 is 18.1 Å². The smallest absolute Gasteiger partial charge is 0.296 e. The molecule has 0 radical (unpaired) electrons. The molecule has 1 aromatic heterocycles. The van der Waals surface area contributed by atoms with Gasteiger partial charge >= 0.3 is 0 Å². The third-order valence-corrected chi connectivity index (χ3v) is 6.30. The molecule has 0 atom stereocenters. The van der Waals surface area contributed by atoms with Gasteiger partial charge < -0.3 is 15.7 Å². The Morgan fingerprint density at radius 2 is 1.45 bits per heavy atom. The van der Waals surface area contributed by atoms with Crippen LogP contribution in [0.4, 0.5) is 34.6 Å². The summed E-state index contributed by atoms with van der Waals surface area (Å²) in [4.78, 5) is 11.9. The van der Waals surface area contributed by atoms with Crippen LogP contribution in [0.3, 0.4) is 0 Å². The summed E-state index contributed by atoms with van der Waals surface area (Å²) in [7, 11) is -4.76. The minimum absolute atomic E-state index is 0.0571. The summed E-state index contributed by atoms with van der Waals surface area (Å²) in [5.41, 5.74) is 1.02. The number of aromatic nitrogens is 3. The van der Waals surface area contributed by atoms with Crippen molar-refractivity contribution in [2.24, 2.45) is 10.2 Å². The van der Waals surface area contributed by atoms with E-state index >= 15 is 0 Å². The summed E-state index contributed by atoms with van der Waals surface area (Å²) < 4.78 is 34.1. The van der Waals surface area contributed by atoms with E-state index in [4.69, 9.17) is 11.6 Å². The SMILES string of the molecule is O=S(=O)(O)c1cc2cccc(Nc3nc(Cl)nc(Nc4ccccc4)n3)c2c(O)c1N=Nc1ccccc1. The van der Waals surface area contributed by atoms with Crippen molar-refractivity contribution in [3.8, 4) is 5.75 Å². The molecule has 0 saturated heterocycles. The topological polar surface area (TPSA) is 162 Å². The second kappa shape index (κ2) is 10.4. The van der Waals surface area contributed by atoms with Crippen molar-refractivity contribution in [3.63, 3.8) is 0 Å². The Labute approximate surface area is 221 Å². The molecule has 11 nitrogen and oxygen atoms in total. The Balaban J connectivity index is 1.60. The highest BCUT2D eigenvalue weighted by atomic mass is 35.5. The number of nitrogens with one attached hydrogen (secondary N) is 2. The fourth-order valence-electron chi connectivity index (χ4n) is 3.63. The van der Waals surface area contributed by atoms with Gasteiger partial charge in [0.1, 0.15) is 10.6 Å². The Morgan fingerprint density at radius 1 is 0.789 bits per heavy atom. The number of hydrogen-bond acceptors (Lipinski definition) is 10. The maximum atomic E-state index is 12.1. The maximum absolute atomic E-state index is 12.1. The molecule has 0 aliphatic rings. The lowest BCUT2D eigenvalue weighted by Crippen LogP contribution is -2.04. The van der Waals surface area contributed by atoms with E-state index in [1.165, 1.54) is 6.07 Å². The highest BCUT2D eigenvalue weighted by Crippen LogP contribution is 2.44. The molecule has 4 aromatic carbocycles. The number of azo groups is 1. The van der Waals surface area contributed by atoms with E-state index < -0.39 is 26.5 Å². The minimum Gasteiger partial charge on any atom is -0.505 e. The second-order valence-corrected chi connectivity index (χ2v) is 9.58. The zero-order valence-electron chi connectivity index (χ0n) is 19.3. The highest BCUT2D eigenvalue weighted by Gasteiger charge is 2.23. The maximum Gasteiger partial charge on any atom is 0.296 e. The van der Waals surface area contributed by atoms with Gasteiger partial charge in [-0.05, 0) is 53.4 Å². The standard InChI is InChI=1S/C25H18ClN7O4S/c26-23-29-24(27-16-9-3-1-4-10-16)31-25(30-23)28-18-13-7-8-15-14-19(38(35,36)37)21(22(34)20(15)18)33-32-17-11-5-2-6-12-17/h1-14,34H,(H,35,36,37)(H2,27,28,29,30,31). The predicted octanol–water partition coefficient (Wildman–Crippen LogP) is 6.53. The summed E-state index contributed by atoms with van der Waals surface area (Å²) >= 11 is 6.11. The number of phenols is 1. The molecule has 0 amide bonds. The number of fused-ring (bicyclic) bond motifs is 1. The van der Waals surface area contributed by atoms with Crippen LogP contribution in [0.1, 0.15) is 0 Å². The molecule has 0 bridgehead atoms. The number of para-hydroxylation sites is 1. The molecule has 5 rings (SSSR count). The second-order valence-electron chi connectivity index (χ2n) is 7.85. The van der Waals surface area contributed by atoms with E-state index in [0.29, 0.717) is 16.8 Å². The van der Waals surface area contributed by atoms with Crippen LogP contribution in [0.2, 0.25) is 5.28 Å². The summed E-state index contributed by atoms with van der Waals surface area (Å²) in [6.07, 6.45) is 0. The number of aromatic hydroxyl groups is 1. The summed E-state index contributed by atoms with van der Waals surface area (Å²) in [5.74, 6) is -0.295. The Kier molecular flexibility index (Phi) is 6.83. The van der Waals surface area contributed by atoms with Gasteiger partial charge in [-0.1, -0.05) is 48.5 Å². The molecule has 0 aliphatic carbocycles. The number of nitrogens with zero attached hydrogens (tertiary/aromatic N) is 5. The number of rotatable bonds is 7. The average molecular weight is 548 g/mol. The first-order valence-electron chi connectivity index (χ1n) is 11.0. The van der Waals surface area contributed by atoms with Crippen LogP contribution in [-0.2, 0) is 10.1 Å². The lowest BCUT2D eigenvalue weighted by atomic mass is 10.1. The van der Waals surface area contributed by atoms with Gasteiger partial charge in [0.2, 0.25) is 17.2 Å². The summed E-state index contributed by atoms with van der Waals surface area (Å²) in [6.45, 7) is 0. The lowest BCUT2D eigenvalue weighted by Gasteiger charge is -2.14. The van der Waals surface area contributed by atoms with Gasteiger partial charge in [-0.25, -0.2) is 0 Å². The van der Waals surface area contributed by atoms with Crippen LogP contribution in [0.25, 0.3) is 10.8 Å².